The molecule has 2 saturated heterocycles. The molecule has 2 atom stereocenters. The fraction of sp³-hybridized carbons (Fsp3) is 1.00. The molecule has 0 aromatic heterocycles. The van der Waals surface area contributed by atoms with Gasteiger partial charge >= 0.3 is 0 Å². The summed E-state index contributed by atoms with van der Waals surface area (Å²) < 4.78 is 5.45. The van der Waals surface area contributed by atoms with E-state index in [1.165, 1.54) is 25.9 Å². The quantitative estimate of drug-likeness (QED) is 0.580. The highest BCUT2D eigenvalue weighted by Gasteiger charge is 2.24. The van der Waals surface area contributed by atoms with E-state index in [2.05, 4.69) is 10.6 Å². The maximum Gasteiger partial charge on any atom is 0.0623 e. The average Bonchev–Trinajstić information content (AvgIpc) is 2.21. The van der Waals surface area contributed by atoms with Crippen molar-refractivity contribution in [1.29, 1.82) is 0 Å². The Morgan fingerprint density at radius 1 is 1.25 bits per heavy atom. The molecule has 2 fully saturated rings. The molecule has 2 aliphatic rings. The Kier molecular flexibility index (Phi) is 2.98. The van der Waals surface area contributed by atoms with E-state index in [0.717, 1.165) is 25.7 Å². The zero-order valence-corrected chi connectivity index (χ0v) is 7.51. The molecule has 12 heavy (non-hydrogen) atoms. The smallest absolute Gasteiger partial charge is 0.0623 e. The second kappa shape index (κ2) is 4.21. The second-order valence-corrected chi connectivity index (χ2v) is 3.74. The van der Waals surface area contributed by atoms with E-state index in [9.17, 15) is 0 Å². The third-order valence-corrected chi connectivity index (χ3v) is 2.85. The van der Waals surface area contributed by atoms with E-state index in [1.54, 1.807) is 0 Å². The van der Waals surface area contributed by atoms with Crippen molar-refractivity contribution in [2.24, 2.45) is 5.92 Å². The largest absolute Gasteiger partial charge is 0.379 e. The first-order valence-corrected chi connectivity index (χ1v) is 4.98. The zero-order chi connectivity index (χ0) is 8.23. The molecule has 2 heterocycles. The Balaban J connectivity index is 1.80. The van der Waals surface area contributed by atoms with Gasteiger partial charge in [-0.05, 0) is 31.8 Å². The summed E-state index contributed by atoms with van der Waals surface area (Å²) in [7, 11) is 0. The van der Waals surface area contributed by atoms with E-state index < -0.39 is 0 Å². The van der Waals surface area contributed by atoms with E-state index in [4.69, 9.17) is 4.74 Å². The maximum atomic E-state index is 5.45. The van der Waals surface area contributed by atoms with Crippen LogP contribution in [-0.2, 0) is 4.74 Å². The SMILES string of the molecule is C1CNCC(C2COCCN2)C1. The fourth-order valence-corrected chi connectivity index (χ4v) is 2.11. The number of piperidine rings is 1. The highest BCUT2D eigenvalue weighted by atomic mass is 16.5. The van der Waals surface area contributed by atoms with Gasteiger partial charge in [0.25, 0.3) is 0 Å². The van der Waals surface area contributed by atoms with Crippen LogP contribution in [0, 0.1) is 5.92 Å². The van der Waals surface area contributed by atoms with Crippen LogP contribution in [0.3, 0.4) is 0 Å². The predicted octanol–water partition coefficient (Wildman–Crippen LogP) is -0.0256. The van der Waals surface area contributed by atoms with E-state index >= 15 is 0 Å². The van der Waals surface area contributed by atoms with Gasteiger partial charge in [0.1, 0.15) is 0 Å². The highest BCUT2D eigenvalue weighted by molar-refractivity contribution is 4.82. The first-order valence-electron chi connectivity index (χ1n) is 4.98. The summed E-state index contributed by atoms with van der Waals surface area (Å²) in [6, 6.07) is 0.603. The molecule has 3 nitrogen and oxygen atoms in total. The van der Waals surface area contributed by atoms with Crippen LogP contribution in [0.4, 0.5) is 0 Å². The highest BCUT2D eigenvalue weighted by Crippen LogP contribution is 2.15. The van der Waals surface area contributed by atoms with Crippen molar-refractivity contribution in [3.63, 3.8) is 0 Å². The number of ether oxygens (including phenoxy) is 1. The molecule has 0 aromatic carbocycles. The van der Waals surface area contributed by atoms with E-state index in [1.807, 2.05) is 0 Å². The lowest BCUT2D eigenvalue weighted by molar-refractivity contribution is 0.0516. The minimum absolute atomic E-state index is 0.603. The number of nitrogens with one attached hydrogen (secondary N) is 2. The molecule has 0 aliphatic carbocycles. The van der Waals surface area contributed by atoms with Crippen LogP contribution >= 0.6 is 0 Å². The van der Waals surface area contributed by atoms with Crippen LogP contribution in [0.2, 0.25) is 0 Å². The van der Waals surface area contributed by atoms with Gasteiger partial charge in [0.2, 0.25) is 0 Å². The van der Waals surface area contributed by atoms with Crippen molar-refractivity contribution in [3.8, 4) is 0 Å². The van der Waals surface area contributed by atoms with Crippen molar-refractivity contribution in [1.82, 2.24) is 10.6 Å². The Bertz CT molecular complexity index is 112. The lowest BCUT2D eigenvalue weighted by Crippen LogP contribution is -2.50. The summed E-state index contributed by atoms with van der Waals surface area (Å²) in [6.45, 7) is 5.19. The van der Waals surface area contributed by atoms with Crippen LogP contribution in [0.15, 0.2) is 0 Å². The van der Waals surface area contributed by atoms with Gasteiger partial charge in [-0.1, -0.05) is 0 Å². The van der Waals surface area contributed by atoms with Gasteiger partial charge in [-0.15, -0.1) is 0 Å². The molecule has 0 aromatic rings. The Labute approximate surface area is 73.9 Å². The monoisotopic (exact) mass is 170 g/mol. The molecular weight excluding hydrogens is 152 g/mol. The topological polar surface area (TPSA) is 33.3 Å². The molecule has 2 N–H and O–H groups in total. The Morgan fingerprint density at radius 3 is 2.92 bits per heavy atom. The molecule has 70 valence electrons. The first kappa shape index (κ1) is 8.48. The predicted molar refractivity (Wildman–Crippen MR) is 48.2 cm³/mol. The summed E-state index contributed by atoms with van der Waals surface area (Å²) in [5, 5.41) is 6.96. The Morgan fingerprint density at radius 2 is 2.25 bits per heavy atom. The standard InChI is InChI=1S/C9H18N2O/c1-2-8(6-10-3-1)9-7-12-5-4-11-9/h8-11H,1-7H2. The maximum absolute atomic E-state index is 5.45. The van der Waals surface area contributed by atoms with Gasteiger partial charge in [0, 0.05) is 12.6 Å². The summed E-state index contributed by atoms with van der Waals surface area (Å²) >= 11 is 0. The second-order valence-electron chi connectivity index (χ2n) is 3.74. The van der Waals surface area contributed by atoms with Crippen molar-refractivity contribution in [2.45, 2.75) is 18.9 Å². The molecule has 0 spiro atoms. The summed E-state index contributed by atoms with van der Waals surface area (Å²) in [5.74, 6) is 0.791. The molecule has 2 unspecified atom stereocenters. The molecule has 2 rings (SSSR count). The zero-order valence-electron chi connectivity index (χ0n) is 7.51. The lowest BCUT2D eigenvalue weighted by Gasteiger charge is -2.33. The van der Waals surface area contributed by atoms with Crippen LogP contribution in [0.5, 0.6) is 0 Å². The number of hydrogen-bond donors (Lipinski definition) is 2. The summed E-state index contributed by atoms with van der Waals surface area (Å²) in [5.41, 5.74) is 0. The molecule has 3 heteroatoms. The lowest BCUT2D eigenvalue weighted by atomic mass is 9.92. The van der Waals surface area contributed by atoms with Crippen molar-refractivity contribution in [3.05, 3.63) is 0 Å². The minimum atomic E-state index is 0.603. The van der Waals surface area contributed by atoms with Gasteiger partial charge in [-0.3, -0.25) is 0 Å². The number of hydrogen-bond acceptors (Lipinski definition) is 3. The van der Waals surface area contributed by atoms with Crippen molar-refractivity contribution < 1.29 is 4.74 Å². The first-order chi connectivity index (χ1) is 5.97. The molecule has 0 radical (unpaired) electrons. The number of morpholine rings is 1. The molecule has 0 saturated carbocycles. The fourth-order valence-electron chi connectivity index (χ4n) is 2.11. The Hall–Kier alpha value is -0.120. The summed E-state index contributed by atoms with van der Waals surface area (Å²) in [6.07, 6.45) is 2.68. The van der Waals surface area contributed by atoms with Crippen LogP contribution in [0.25, 0.3) is 0 Å². The number of rotatable bonds is 1. The molecule has 2 aliphatic heterocycles. The molecular formula is C9H18N2O. The average molecular weight is 170 g/mol. The van der Waals surface area contributed by atoms with E-state index in [-0.39, 0.29) is 0 Å². The van der Waals surface area contributed by atoms with Gasteiger partial charge in [-0.25, -0.2) is 0 Å². The molecule has 0 bridgehead atoms. The van der Waals surface area contributed by atoms with Crippen molar-refractivity contribution >= 4 is 0 Å². The van der Waals surface area contributed by atoms with Crippen molar-refractivity contribution in [2.75, 3.05) is 32.8 Å². The summed E-state index contributed by atoms with van der Waals surface area (Å²) in [4.78, 5) is 0. The minimum Gasteiger partial charge on any atom is -0.379 e. The van der Waals surface area contributed by atoms with Gasteiger partial charge in [0.05, 0.1) is 13.2 Å². The third kappa shape index (κ3) is 1.97. The molecule has 0 amide bonds. The van der Waals surface area contributed by atoms with Gasteiger partial charge < -0.3 is 15.4 Å². The third-order valence-electron chi connectivity index (χ3n) is 2.85. The van der Waals surface area contributed by atoms with E-state index in [0.29, 0.717) is 6.04 Å². The normalized spacial score (nSPS) is 38.0. The van der Waals surface area contributed by atoms with Crippen LogP contribution in [-0.4, -0.2) is 38.9 Å². The van der Waals surface area contributed by atoms with Gasteiger partial charge in [-0.2, -0.15) is 0 Å². The van der Waals surface area contributed by atoms with Gasteiger partial charge in [0.15, 0.2) is 0 Å². The van der Waals surface area contributed by atoms with Crippen LogP contribution in [0.1, 0.15) is 12.8 Å². The van der Waals surface area contributed by atoms with Crippen LogP contribution < -0.4 is 10.6 Å².